The van der Waals surface area contributed by atoms with Crippen molar-refractivity contribution in [3.05, 3.63) is 35.6 Å². The van der Waals surface area contributed by atoms with Gasteiger partial charge in [0.05, 0.1) is 6.67 Å². The van der Waals surface area contributed by atoms with Crippen LogP contribution in [0, 0.1) is 0 Å². The van der Waals surface area contributed by atoms with Gasteiger partial charge in [-0.1, -0.05) is 11.6 Å². The summed E-state index contributed by atoms with van der Waals surface area (Å²) in [5.41, 5.74) is 2.15. The van der Waals surface area contributed by atoms with Crippen LogP contribution in [-0.2, 0) is 6.67 Å². The van der Waals surface area contributed by atoms with Gasteiger partial charge in [-0.15, -0.1) is 0 Å². The monoisotopic (exact) mass is 205 g/mol. The Morgan fingerprint density at radius 2 is 2.36 bits per heavy atom. The molecule has 0 radical (unpaired) electrons. The van der Waals surface area contributed by atoms with Gasteiger partial charge in [-0.25, -0.2) is 4.98 Å². The van der Waals surface area contributed by atoms with Gasteiger partial charge in [-0.05, 0) is 18.2 Å². The Hall–Kier alpha value is -1.48. The molecule has 0 aliphatic carbocycles. The highest BCUT2D eigenvalue weighted by Gasteiger charge is 2.15. The van der Waals surface area contributed by atoms with Crippen molar-refractivity contribution in [2.75, 3.05) is 5.32 Å². The summed E-state index contributed by atoms with van der Waals surface area (Å²) in [5.74, 6) is 0.973. The number of hydrogen-bond acceptors (Lipinski definition) is 2. The summed E-state index contributed by atoms with van der Waals surface area (Å²) in [5, 5.41) is 4.03. The van der Waals surface area contributed by atoms with E-state index < -0.39 is 0 Å². The number of benzene rings is 1. The van der Waals surface area contributed by atoms with Crippen LogP contribution >= 0.6 is 11.6 Å². The number of halogens is 1. The van der Waals surface area contributed by atoms with E-state index in [4.69, 9.17) is 11.6 Å². The topological polar surface area (TPSA) is 29.9 Å². The molecule has 0 fully saturated rings. The van der Waals surface area contributed by atoms with E-state index in [1.807, 2.05) is 24.4 Å². The summed E-state index contributed by atoms with van der Waals surface area (Å²) < 4.78 is 2.05. The Balaban J connectivity index is 2.28. The average Bonchev–Trinajstić information content (AvgIpc) is 2.65. The van der Waals surface area contributed by atoms with Crippen LogP contribution < -0.4 is 5.32 Å². The highest BCUT2D eigenvalue weighted by molar-refractivity contribution is 6.31. The molecule has 0 saturated heterocycles. The van der Waals surface area contributed by atoms with Gasteiger partial charge in [0, 0.05) is 28.7 Å². The van der Waals surface area contributed by atoms with Crippen LogP contribution in [0.2, 0.25) is 5.02 Å². The molecule has 3 rings (SSSR count). The van der Waals surface area contributed by atoms with E-state index in [2.05, 4.69) is 14.9 Å². The van der Waals surface area contributed by atoms with Crippen LogP contribution in [0.25, 0.3) is 11.4 Å². The first kappa shape index (κ1) is 7.88. The maximum absolute atomic E-state index is 5.95. The number of rotatable bonds is 0. The van der Waals surface area contributed by atoms with Crippen molar-refractivity contribution in [3.8, 4) is 11.4 Å². The predicted octanol–water partition coefficient (Wildman–Crippen LogP) is 2.59. The predicted molar refractivity (Wildman–Crippen MR) is 56.3 cm³/mol. The van der Waals surface area contributed by atoms with Crippen molar-refractivity contribution in [2.45, 2.75) is 6.67 Å². The number of nitrogens with one attached hydrogen (secondary N) is 1. The van der Waals surface area contributed by atoms with Crippen molar-refractivity contribution in [1.82, 2.24) is 9.55 Å². The molecular weight excluding hydrogens is 198 g/mol. The van der Waals surface area contributed by atoms with E-state index in [0.717, 1.165) is 28.8 Å². The fraction of sp³-hybridized carbons (Fsp3) is 0.100. The molecule has 4 heteroatoms. The van der Waals surface area contributed by atoms with E-state index in [9.17, 15) is 0 Å². The van der Waals surface area contributed by atoms with Crippen molar-refractivity contribution < 1.29 is 0 Å². The summed E-state index contributed by atoms with van der Waals surface area (Å²) in [6, 6.07) is 5.80. The first-order chi connectivity index (χ1) is 6.84. The molecule has 1 aliphatic rings. The van der Waals surface area contributed by atoms with Gasteiger partial charge in [-0.2, -0.15) is 0 Å². The zero-order valence-corrected chi connectivity index (χ0v) is 8.12. The number of aromatic nitrogens is 2. The second-order valence-corrected chi connectivity index (χ2v) is 3.68. The number of imidazole rings is 1. The summed E-state index contributed by atoms with van der Waals surface area (Å²) in [6.45, 7) is 0.768. The third kappa shape index (κ3) is 1.02. The van der Waals surface area contributed by atoms with Crippen LogP contribution in [-0.4, -0.2) is 9.55 Å². The molecule has 1 N–H and O–H groups in total. The number of hydrogen-bond donors (Lipinski definition) is 1. The first-order valence-corrected chi connectivity index (χ1v) is 4.77. The van der Waals surface area contributed by atoms with Crippen molar-refractivity contribution in [1.29, 1.82) is 0 Å². The highest BCUT2D eigenvalue weighted by Crippen LogP contribution is 2.32. The van der Waals surface area contributed by atoms with Crippen LogP contribution in [0.1, 0.15) is 0 Å². The molecule has 70 valence electrons. The van der Waals surface area contributed by atoms with Gasteiger partial charge in [0.2, 0.25) is 0 Å². The quantitative estimate of drug-likeness (QED) is 0.717. The Kier molecular flexibility index (Phi) is 1.55. The molecule has 1 aliphatic heterocycles. The van der Waals surface area contributed by atoms with Gasteiger partial charge in [0.25, 0.3) is 0 Å². The molecule has 14 heavy (non-hydrogen) atoms. The molecule has 0 amide bonds. The number of fused-ring (bicyclic) bond motifs is 3. The fourth-order valence-electron chi connectivity index (χ4n) is 1.71. The lowest BCUT2D eigenvalue weighted by Crippen LogP contribution is -2.14. The third-order valence-corrected chi connectivity index (χ3v) is 2.61. The molecule has 2 heterocycles. The van der Waals surface area contributed by atoms with E-state index >= 15 is 0 Å². The lowest BCUT2D eigenvalue weighted by Gasteiger charge is -2.19. The molecule has 0 saturated carbocycles. The van der Waals surface area contributed by atoms with E-state index in [0.29, 0.717) is 0 Å². The van der Waals surface area contributed by atoms with Crippen LogP contribution in [0.5, 0.6) is 0 Å². The molecule has 1 aromatic heterocycles. The minimum absolute atomic E-state index is 0.738. The maximum Gasteiger partial charge on any atom is 0.143 e. The maximum atomic E-state index is 5.95. The second kappa shape index (κ2) is 2.75. The van der Waals surface area contributed by atoms with Crippen molar-refractivity contribution in [3.63, 3.8) is 0 Å². The van der Waals surface area contributed by atoms with Crippen molar-refractivity contribution >= 4 is 17.3 Å². The lowest BCUT2D eigenvalue weighted by atomic mass is 10.1. The Labute approximate surface area is 86.3 Å². The summed E-state index contributed by atoms with van der Waals surface area (Å²) in [4.78, 5) is 4.30. The summed E-state index contributed by atoms with van der Waals surface area (Å²) in [7, 11) is 0. The molecule has 0 atom stereocenters. The standard InChI is InChI=1S/C10H8ClN3/c11-7-1-2-9-8(5-7)10-12-3-4-14(10)6-13-9/h1-5,13H,6H2. The van der Waals surface area contributed by atoms with Crippen LogP contribution in [0.15, 0.2) is 30.6 Å². The normalized spacial score (nSPS) is 12.9. The van der Waals surface area contributed by atoms with Gasteiger partial charge in [0.15, 0.2) is 0 Å². The Morgan fingerprint density at radius 3 is 3.29 bits per heavy atom. The molecule has 0 unspecified atom stereocenters. The smallest absolute Gasteiger partial charge is 0.143 e. The van der Waals surface area contributed by atoms with Gasteiger partial charge in [-0.3, -0.25) is 0 Å². The third-order valence-electron chi connectivity index (χ3n) is 2.38. The molecule has 0 bridgehead atoms. The average molecular weight is 206 g/mol. The zero-order chi connectivity index (χ0) is 9.54. The first-order valence-electron chi connectivity index (χ1n) is 4.39. The van der Waals surface area contributed by atoms with Gasteiger partial charge < -0.3 is 9.88 Å². The zero-order valence-electron chi connectivity index (χ0n) is 7.37. The molecular formula is C10H8ClN3. The minimum atomic E-state index is 0.738. The number of anilines is 1. The SMILES string of the molecule is Clc1ccc2c(c1)-c1nccn1CN2. The van der Waals surface area contributed by atoms with E-state index in [1.165, 1.54) is 0 Å². The van der Waals surface area contributed by atoms with E-state index in [-0.39, 0.29) is 0 Å². The van der Waals surface area contributed by atoms with Crippen LogP contribution in [0.3, 0.4) is 0 Å². The van der Waals surface area contributed by atoms with Crippen LogP contribution in [0.4, 0.5) is 5.69 Å². The van der Waals surface area contributed by atoms with Crippen molar-refractivity contribution in [2.24, 2.45) is 0 Å². The molecule has 1 aromatic carbocycles. The summed E-state index contributed by atoms with van der Waals surface area (Å²) >= 11 is 5.95. The van der Waals surface area contributed by atoms with Gasteiger partial charge >= 0.3 is 0 Å². The molecule has 2 aromatic rings. The largest absolute Gasteiger partial charge is 0.367 e. The molecule has 3 nitrogen and oxygen atoms in total. The Bertz CT molecular complexity index is 490. The minimum Gasteiger partial charge on any atom is -0.367 e. The Morgan fingerprint density at radius 1 is 1.43 bits per heavy atom. The number of nitrogens with zero attached hydrogens (tertiary/aromatic N) is 2. The fourth-order valence-corrected chi connectivity index (χ4v) is 1.88. The summed E-state index contributed by atoms with van der Waals surface area (Å²) in [6.07, 6.45) is 3.75. The molecule has 0 spiro atoms. The highest BCUT2D eigenvalue weighted by atomic mass is 35.5. The van der Waals surface area contributed by atoms with E-state index in [1.54, 1.807) is 6.20 Å². The second-order valence-electron chi connectivity index (χ2n) is 3.25. The van der Waals surface area contributed by atoms with Gasteiger partial charge in [0.1, 0.15) is 5.82 Å². The lowest BCUT2D eigenvalue weighted by molar-refractivity contribution is 0.769.